The highest BCUT2D eigenvalue weighted by Crippen LogP contribution is 2.46. The Balaban J connectivity index is 0.00000130. The van der Waals surface area contributed by atoms with Crippen LogP contribution in [0.3, 0.4) is 0 Å². The summed E-state index contributed by atoms with van der Waals surface area (Å²) in [5.41, 5.74) is 2.73. The van der Waals surface area contributed by atoms with Crippen LogP contribution in [0.15, 0.2) is 0 Å². The van der Waals surface area contributed by atoms with Gasteiger partial charge in [0.15, 0.2) is 0 Å². The number of ether oxygens (including phenoxy) is 2. The predicted octanol–water partition coefficient (Wildman–Crippen LogP) is 37.0. The molecule has 5 heterocycles. The van der Waals surface area contributed by atoms with Gasteiger partial charge in [-0.25, -0.2) is 0 Å². The first-order chi connectivity index (χ1) is 56.6. The lowest BCUT2D eigenvalue weighted by molar-refractivity contribution is 0.0388. The molecule has 740 valence electrons. The number of hydrogen-bond donors (Lipinski definition) is 0. The summed E-state index contributed by atoms with van der Waals surface area (Å²) in [4.78, 5) is 7.78. The standard InChI is InChI=1S/C13H27N.C11H22.2C9H19N.C9H18.2C8H16.2C7H14.2C6H12.3C5H10.2C4H8O.C2H6/c1-12(2,3)11-8-7-9-14(10-11)13(4,5)6;1-9-6-5-7-10(8-9)11(2,3)4;2*1-8-5-6-10(7-8)9(2,3)4;1-7-5-6-8(7)9(2,3)4;1-7-4-3-5-8(2)6-7;1-7-5-3-4-6-8(7)2;2*1-6-4-3-5-7(6)2;2*1-5-3-4-6(5)2;3*1-4-3-5(4)2;2*1-3-4(2)5-3;1-2/h11H,7-10H2,1-6H3;9-10H,5-8H2,1-4H3;2*8H,5-7H2,1-4H3;7-8H,5-6H2,1-4H3;2*7-8H,3-6H2,1-2H3;2*6-7H,3-5H2,1-2H3;2*5-6H,3-4H2,1-2H3;3*4-5H,3H2,1-2H3;2*3-4H,1-2H3;1-2H3/t;9-,10?;2*8-;7-,8?;2*7-,8+;2*6-,7+;5-,6+;5-,6-;4-,5+;2*4-,5-;2*3-,4+;/m.0101.....1.10.../s1. The molecular weight excluding hydrogens is 1490 g/mol. The van der Waals surface area contributed by atoms with Gasteiger partial charge in [-0.2, -0.15) is 0 Å². The summed E-state index contributed by atoms with van der Waals surface area (Å²) >= 11 is 0. The van der Waals surface area contributed by atoms with Gasteiger partial charge in [0.05, 0.1) is 24.4 Å². The Bertz CT molecular complexity index is 2270. The van der Waals surface area contributed by atoms with Crippen molar-refractivity contribution >= 4 is 0 Å². The van der Waals surface area contributed by atoms with Crippen molar-refractivity contribution < 1.29 is 9.47 Å². The van der Waals surface area contributed by atoms with E-state index in [2.05, 4.69) is 319 Å². The van der Waals surface area contributed by atoms with Gasteiger partial charge in [0.25, 0.3) is 0 Å². The molecule has 11 aliphatic carbocycles. The Morgan fingerprint density at radius 2 is 0.415 bits per heavy atom. The van der Waals surface area contributed by atoms with Crippen molar-refractivity contribution in [2.45, 2.75) is 559 Å². The molecule has 0 spiro atoms. The van der Waals surface area contributed by atoms with Crippen LogP contribution in [0.1, 0.15) is 518 Å². The van der Waals surface area contributed by atoms with Crippen LogP contribution in [0.2, 0.25) is 0 Å². The number of rotatable bonds is 0. The third-order valence-electron chi connectivity index (χ3n) is 34.2. The van der Waals surface area contributed by atoms with Crippen LogP contribution in [-0.2, 0) is 9.47 Å². The first-order valence-corrected chi connectivity index (χ1v) is 55.1. The van der Waals surface area contributed by atoms with Crippen molar-refractivity contribution in [2.75, 3.05) is 39.3 Å². The van der Waals surface area contributed by atoms with Crippen molar-refractivity contribution in [3.8, 4) is 0 Å². The van der Waals surface area contributed by atoms with Crippen LogP contribution < -0.4 is 0 Å². The molecule has 0 amide bonds. The number of hydrogen-bond acceptors (Lipinski definition) is 5. The van der Waals surface area contributed by atoms with Crippen LogP contribution in [-0.4, -0.2) is 95.0 Å². The average Bonchev–Trinajstić information content (AvgIpc) is 1.04. The summed E-state index contributed by atoms with van der Waals surface area (Å²) in [6.45, 7) is 114. The largest absolute Gasteiger partial charge is 0.370 e. The molecule has 123 heavy (non-hydrogen) atoms. The van der Waals surface area contributed by atoms with E-state index in [4.69, 9.17) is 9.47 Å². The van der Waals surface area contributed by atoms with Gasteiger partial charge in [0.1, 0.15) is 0 Å². The third-order valence-corrected chi connectivity index (χ3v) is 34.2. The van der Waals surface area contributed by atoms with E-state index < -0.39 is 0 Å². The van der Waals surface area contributed by atoms with Crippen LogP contribution in [0, 0.1) is 164 Å². The highest BCUT2D eigenvalue weighted by Gasteiger charge is 2.38. The normalized spacial score (nSPS) is 37.9. The molecule has 29 atom stereocenters. The molecule has 0 aromatic rings. The third kappa shape index (κ3) is 59.2. The van der Waals surface area contributed by atoms with Crippen LogP contribution in [0.4, 0.5) is 0 Å². The van der Waals surface area contributed by atoms with Crippen molar-refractivity contribution in [2.24, 2.45) is 164 Å². The second-order valence-corrected chi connectivity index (χ2v) is 52.8. The second-order valence-electron chi connectivity index (χ2n) is 52.8. The average molecular weight is 1730 g/mol. The van der Waals surface area contributed by atoms with Crippen molar-refractivity contribution in [1.29, 1.82) is 0 Å². The number of epoxide rings is 2. The molecule has 5 saturated heterocycles. The quantitative estimate of drug-likeness (QED) is 0.226. The molecule has 0 N–H and O–H groups in total. The van der Waals surface area contributed by atoms with Crippen LogP contribution >= 0.6 is 0 Å². The predicted molar refractivity (Wildman–Crippen MR) is 559 cm³/mol. The smallest absolute Gasteiger partial charge is 0.0811 e. The van der Waals surface area contributed by atoms with Crippen molar-refractivity contribution in [1.82, 2.24) is 14.7 Å². The van der Waals surface area contributed by atoms with E-state index in [1.54, 1.807) is 0 Å². The van der Waals surface area contributed by atoms with E-state index in [1.165, 1.54) is 238 Å². The highest BCUT2D eigenvalue weighted by atomic mass is 16.6. The zero-order valence-electron chi connectivity index (χ0n) is 94.1. The van der Waals surface area contributed by atoms with E-state index in [0.29, 0.717) is 57.3 Å². The van der Waals surface area contributed by atoms with Crippen LogP contribution in [0.25, 0.3) is 0 Å². The Morgan fingerprint density at radius 1 is 0.187 bits per heavy atom. The minimum absolute atomic E-state index is 0.351. The SMILES string of the molecule is CC.CC(C)(C)C1CCCN(C(C)(C)C)C1.C[C@@H]1CCC1C(C)(C)C.C[C@@H]1CCCC[C@@H]1C.C[C@@H]1CCC[C@@H]1C.C[C@@H]1CCC[C@@H]1C.C[C@@H]1CCC[C@H](C)C1.C[C@@H]1CCN(C(C)(C)C)C1.C[C@@H]1CC[C@@H]1C.C[C@@H]1CC[C@H]1C.C[C@@H]1C[C@@H]1C.C[C@@H]1C[C@H]1C.C[C@@H]1O[C@@H]1C.C[C@@H]1O[C@@H]1C.C[C@H]1CCCC(C(C)(C)C)C1.C[C@H]1CCN(C(C)(C)C)C1.C[C@H]1C[C@@H]1C. The first kappa shape index (κ1) is 123. The number of piperidine rings is 1. The zero-order chi connectivity index (χ0) is 95.1. The molecule has 5 nitrogen and oxygen atoms in total. The summed E-state index contributed by atoms with van der Waals surface area (Å²) in [5.74, 6) is 25.2. The minimum Gasteiger partial charge on any atom is -0.370 e. The first-order valence-electron chi connectivity index (χ1n) is 55.1. The molecule has 5 heteroatoms. The lowest BCUT2D eigenvalue weighted by atomic mass is 9.62. The molecule has 16 aliphatic rings. The van der Waals surface area contributed by atoms with E-state index in [0.717, 1.165) is 148 Å². The summed E-state index contributed by atoms with van der Waals surface area (Å²) in [6.07, 6.45) is 47.5. The Labute approximate surface area is 781 Å². The summed E-state index contributed by atoms with van der Waals surface area (Å²) in [6, 6.07) is 0. The second kappa shape index (κ2) is 60.9. The Hall–Kier alpha value is -0.200. The monoisotopic (exact) mass is 1730 g/mol. The summed E-state index contributed by atoms with van der Waals surface area (Å²) in [5, 5.41) is 0. The molecule has 11 saturated carbocycles. The highest BCUT2D eigenvalue weighted by molar-refractivity contribution is 4.90. The lowest BCUT2D eigenvalue weighted by Crippen LogP contribution is -2.49. The van der Waals surface area contributed by atoms with Gasteiger partial charge >= 0.3 is 0 Å². The molecule has 0 aromatic heterocycles. The molecule has 16 rings (SSSR count). The fourth-order valence-corrected chi connectivity index (χ4v) is 19.2. The number of nitrogens with zero attached hydrogens (tertiary/aromatic N) is 3. The van der Waals surface area contributed by atoms with Gasteiger partial charge in [0, 0.05) is 36.3 Å². The molecule has 16 fully saturated rings. The molecule has 5 aliphatic heterocycles. The van der Waals surface area contributed by atoms with Gasteiger partial charge in [-0.15, -0.1) is 0 Å². The van der Waals surface area contributed by atoms with Crippen molar-refractivity contribution in [3.05, 3.63) is 0 Å². The van der Waals surface area contributed by atoms with Crippen LogP contribution in [0.5, 0.6) is 0 Å². The maximum absolute atomic E-state index is 4.92. The minimum atomic E-state index is 0.351. The summed E-state index contributed by atoms with van der Waals surface area (Å²) < 4.78 is 9.83. The van der Waals surface area contributed by atoms with Gasteiger partial charge in [-0.1, -0.05) is 357 Å². The van der Waals surface area contributed by atoms with Crippen molar-refractivity contribution in [3.63, 3.8) is 0 Å². The Kier molecular flexibility index (Phi) is 60.8. The van der Waals surface area contributed by atoms with E-state index >= 15 is 0 Å². The zero-order valence-corrected chi connectivity index (χ0v) is 94.1. The molecule has 3 unspecified atom stereocenters. The van der Waals surface area contributed by atoms with Gasteiger partial charge in [0.2, 0.25) is 0 Å². The van der Waals surface area contributed by atoms with Gasteiger partial charge in [-0.05, 0) is 344 Å². The molecule has 0 radical (unpaired) electrons. The Morgan fingerprint density at radius 3 is 0.545 bits per heavy atom. The maximum Gasteiger partial charge on any atom is 0.0811 e. The maximum atomic E-state index is 4.92. The molecule has 0 aromatic carbocycles. The van der Waals surface area contributed by atoms with E-state index in [9.17, 15) is 0 Å². The fraction of sp³-hybridized carbons (Fsp3) is 1.00. The number of likely N-dealkylation sites (tertiary alicyclic amines) is 3. The molecular formula is C118H241N3O2. The lowest BCUT2D eigenvalue weighted by Gasteiger charge is -2.45. The van der Waals surface area contributed by atoms with E-state index in [1.807, 2.05) is 13.8 Å². The van der Waals surface area contributed by atoms with E-state index in [-0.39, 0.29) is 0 Å². The topological polar surface area (TPSA) is 34.8 Å². The fourth-order valence-electron chi connectivity index (χ4n) is 19.2. The molecule has 0 bridgehead atoms. The summed E-state index contributed by atoms with van der Waals surface area (Å²) in [7, 11) is 0. The van der Waals surface area contributed by atoms with Gasteiger partial charge in [-0.3, -0.25) is 14.7 Å². The van der Waals surface area contributed by atoms with Gasteiger partial charge < -0.3 is 9.47 Å².